The van der Waals surface area contributed by atoms with E-state index in [9.17, 15) is 5.11 Å². The summed E-state index contributed by atoms with van der Waals surface area (Å²) in [6.07, 6.45) is 9.40. The molecule has 0 radical (unpaired) electrons. The first-order chi connectivity index (χ1) is 27.0. The second-order valence-electron chi connectivity index (χ2n) is 20.9. The summed E-state index contributed by atoms with van der Waals surface area (Å²) in [5.41, 5.74) is 12.6. The van der Waals surface area contributed by atoms with Gasteiger partial charge in [-0.25, -0.2) is 0 Å². The van der Waals surface area contributed by atoms with Crippen LogP contribution in [0.2, 0.25) is 0 Å². The molecule has 0 aliphatic heterocycles. The van der Waals surface area contributed by atoms with Crippen molar-refractivity contribution in [2.45, 2.75) is 185 Å². The third kappa shape index (κ3) is 12.0. The van der Waals surface area contributed by atoms with Gasteiger partial charge >= 0.3 is 0 Å². The molecule has 0 amide bonds. The fourth-order valence-electron chi connectivity index (χ4n) is 7.90. The average Bonchev–Trinajstić information content (AvgIpc) is 3.11. The zero-order chi connectivity index (χ0) is 43.2. The Hall–Kier alpha value is -3.66. The van der Waals surface area contributed by atoms with Crippen LogP contribution in [-0.4, -0.2) is 24.9 Å². The maximum Gasteiger partial charge on any atom is 0.126 e. The summed E-state index contributed by atoms with van der Waals surface area (Å²) in [7, 11) is 0. The molecule has 0 atom stereocenters. The van der Waals surface area contributed by atoms with Gasteiger partial charge < -0.3 is 19.3 Å². The number of benzene rings is 3. The molecule has 0 unspecified atom stereocenters. The number of fused-ring (bicyclic) bond motifs is 6. The molecule has 0 saturated carbocycles. The van der Waals surface area contributed by atoms with Crippen LogP contribution in [0.4, 0.5) is 0 Å². The third-order valence-corrected chi connectivity index (χ3v) is 11.5. The van der Waals surface area contributed by atoms with Crippen molar-refractivity contribution in [2.24, 2.45) is 5.41 Å². The first-order valence-electron chi connectivity index (χ1n) is 22.5. The van der Waals surface area contributed by atoms with Gasteiger partial charge in [0, 0.05) is 25.7 Å². The van der Waals surface area contributed by atoms with Crippen molar-refractivity contribution in [3.05, 3.63) is 109 Å². The number of phenols is 1. The van der Waals surface area contributed by atoms with Crippen LogP contribution >= 0.6 is 0 Å². The molecular weight excluding hydrogens is 713 g/mol. The van der Waals surface area contributed by atoms with Crippen LogP contribution in [0.15, 0.2) is 59.4 Å². The van der Waals surface area contributed by atoms with Crippen LogP contribution in [0.25, 0.3) is 0 Å². The van der Waals surface area contributed by atoms with Crippen LogP contribution in [0, 0.1) is 5.41 Å². The Bertz CT molecular complexity index is 1930. The average molecular weight is 793 g/mol. The van der Waals surface area contributed by atoms with Gasteiger partial charge in [0.25, 0.3) is 0 Å². The van der Waals surface area contributed by atoms with Gasteiger partial charge in [-0.2, -0.15) is 0 Å². The molecule has 0 aromatic heterocycles. The molecule has 0 heterocycles. The van der Waals surface area contributed by atoms with Crippen LogP contribution < -0.4 is 9.47 Å². The standard InChI is InChI=1S/C54H80O4/c1-17-23-56-47-22-21-36-29-44(52(8,9)10)34-41(49(36)57-24-18-2)28-42-35-46(54(14,15)16)33-40(50(42)58-25-19-3)27-39-32-45(53(11,12)13)31-38(48(39)55)26-37(47)30-43(20-4)51(5,6)7/h29-35,55H,17-28H2,1-16H3. The summed E-state index contributed by atoms with van der Waals surface area (Å²) < 4.78 is 20.5. The SMILES string of the molecule is CCCOC1=C(C=C(CC)C(C)(C)C)Cc2cc(C(C)(C)C)cc(c2O)Cc2cc(C(C)(C)C)cc(c2OCCC)Cc2cc(C(C)(C)C)cc(c2OCCC)CC1. The van der Waals surface area contributed by atoms with Gasteiger partial charge in [0.1, 0.15) is 17.2 Å². The number of aromatic hydroxyl groups is 1. The largest absolute Gasteiger partial charge is 0.507 e. The van der Waals surface area contributed by atoms with E-state index in [0.717, 1.165) is 78.0 Å². The Morgan fingerprint density at radius 2 is 0.897 bits per heavy atom. The molecule has 4 nitrogen and oxygen atoms in total. The summed E-state index contributed by atoms with van der Waals surface area (Å²) in [5.74, 6) is 3.31. The van der Waals surface area contributed by atoms with Crippen molar-refractivity contribution in [2.75, 3.05) is 19.8 Å². The van der Waals surface area contributed by atoms with Gasteiger partial charge in [0.05, 0.1) is 25.6 Å². The van der Waals surface area contributed by atoms with Crippen LogP contribution in [-0.2, 0) is 46.7 Å². The van der Waals surface area contributed by atoms with E-state index in [2.05, 4.69) is 153 Å². The summed E-state index contributed by atoms with van der Waals surface area (Å²) in [6.45, 7) is 38.2. The highest BCUT2D eigenvalue weighted by Crippen LogP contribution is 2.42. The molecule has 320 valence electrons. The van der Waals surface area contributed by atoms with Gasteiger partial charge in [-0.15, -0.1) is 0 Å². The van der Waals surface area contributed by atoms with E-state index in [1.807, 2.05) is 0 Å². The van der Waals surface area contributed by atoms with E-state index >= 15 is 0 Å². The maximum absolute atomic E-state index is 12.5. The Balaban J connectivity index is 2.24. The molecule has 0 spiro atoms. The summed E-state index contributed by atoms with van der Waals surface area (Å²) in [6, 6.07) is 14.0. The van der Waals surface area contributed by atoms with E-state index in [1.54, 1.807) is 0 Å². The molecule has 1 N–H and O–H groups in total. The smallest absolute Gasteiger partial charge is 0.126 e. The number of allylic oxidation sites excluding steroid dienone is 4. The van der Waals surface area contributed by atoms with Gasteiger partial charge in [0.2, 0.25) is 0 Å². The molecule has 1 aliphatic rings. The topological polar surface area (TPSA) is 47.9 Å². The molecule has 6 bridgehead atoms. The molecule has 4 heteroatoms. The van der Waals surface area contributed by atoms with Crippen LogP contribution in [0.3, 0.4) is 0 Å². The van der Waals surface area contributed by atoms with E-state index in [1.165, 1.54) is 39.0 Å². The number of aryl methyl sites for hydroxylation is 1. The predicted molar refractivity (Wildman–Crippen MR) is 247 cm³/mol. The minimum absolute atomic E-state index is 0.0187. The highest BCUT2D eigenvalue weighted by atomic mass is 16.5. The monoisotopic (exact) mass is 793 g/mol. The van der Waals surface area contributed by atoms with Crippen molar-refractivity contribution in [1.82, 2.24) is 0 Å². The molecular formula is C54H80O4. The molecule has 0 saturated heterocycles. The molecule has 3 aromatic carbocycles. The highest BCUT2D eigenvalue weighted by molar-refractivity contribution is 5.57. The van der Waals surface area contributed by atoms with Gasteiger partial charge in [-0.1, -0.05) is 159 Å². The maximum atomic E-state index is 12.5. The number of rotatable bonds is 11. The molecule has 4 rings (SSSR count). The molecule has 3 aromatic rings. The predicted octanol–water partition coefficient (Wildman–Crippen LogP) is 14.6. The number of phenolic OH excluding ortho intramolecular Hbond substituents is 1. The van der Waals surface area contributed by atoms with Gasteiger partial charge in [-0.05, 0) is 109 Å². The lowest BCUT2D eigenvalue weighted by atomic mass is 9.79. The van der Waals surface area contributed by atoms with Crippen molar-refractivity contribution in [3.8, 4) is 17.2 Å². The Morgan fingerprint density at radius 3 is 1.31 bits per heavy atom. The lowest BCUT2D eigenvalue weighted by molar-refractivity contribution is 0.199. The number of hydrogen-bond acceptors (Lipinski definition) is 4. The molecule has 1 aliphatic carbocycles. The first-order valence-corrected chi connectivity index (χ1v) is 22.5. The zero-order valence-corrected chi connectivity index (χ0v) is 39.7. The summed E-state index contributed by atoms with van der Waals surface area (Å²) >= 11 is 0. The van der Waals surface area contributed by atoms with Crippen LogP contribution in [0.1, 0.15) is 193 Å². The van der Waals surface area contributed by atoms with Crippen molar-refractivity contribution < 1.29 is 19.3 Å². The zero-order valence-electron chi connectivity index (χ0n) is 39.7. The van der Waals surface area contributed by atoms with E-state index in [4.69, 9.17) is 14.2 Å². The lowest BCUT2D eigenvalue weighted by Gasteiger charge is -2.28. The summed E-state index contributed by atoms with van der Waals surface area (Å²) in [4.78, 5) is 0. The third-order valence-electron chi connectivity index (χ3n) is 11.5. The van der Waals surface area contributed by atoms with Crippen molar-refractivity contribution in [1.29, 1.82) is 0 Å². The fourth-order valence-corrected chi connectivity index (χ4v) is 7.90. The molecule has 0 fully saturated rings. The molecule has 58 heavy (non-hydrogen) atoms. The quantitative estimate of drug-likeness (QED) is 0.210. The highest BCUT2D eigenvalue weighted by Gasteiger charge is 2.28. The van der Waals surface area contributed by atoms with E-state index < -0.39 is 0 Å². The van der Waals surface area contributed by atoms with Crippen LogP contribution in [0.5, 0.6) is 17.2 Å². The van der Waals surface area contributed by atoms with Crippen molar-refractivity contribution in [3.63, 3.8) is 0 Å². The number of hydrogen-bond donors (Lipinski definition) is 1. The minimum Gasteiger partial charge on any atom is -0.507 e. The Kier molecular flexibility index (Phi) is 15.5. The van der Waals surface area contributed by atoms with E-state index in [-0.39, 0.29) is 21.7 Å². The van der Waals surface area contributed by atoms with Crippen molar-refractivity contribution >= 4 is 0 Å². The second-order valence-corrected chi connectivity index (χ2v) is 20.9. The normalized spacial score (nSPS) is 14.8. The second kappa shape index (κ2) is 19.2. The van der Waals surface area contributed by atoms with Gasteiger partial charge in [0.15, 0.2) is 0 Å². The fraction of sp³-hybridized carbons (Fsp3) is 0.593. The Labute approximate surface area is 354 Å². The lowest BCUT2D eigenvalue weighted by Crippen LogP contribution is -2.17. The first kappa shape index (κ1) is 47.0. The van der Waals surface area contributed by atoms with Gasteiger partial charge in [-0.3, -0.25) is 0 Å². The van der Waals surface area contributed by atoms with E-state index in [0.29, 0.717) is 44.8 Å². The minimum atomic E-state index is -0.123. The number of ether oxygens (including phenoxy) is 3. The summed E-state index contributed by atoms with van der Waals surface area (Å²) in [5, 5.41) is 12.5. The Morgan fingerprint density at radius 1 is 0.517 bits per heavy atom.